The molecule has 3 rings (SSSR count). The molecule has 1 atom stereocenters. The number of rotatable bonds is 6. The molecule has 1 aromatic heterocycles. The van der Waals surface area contributed by atoms with Gasteiger partial charge >= 0.3 is 0 Å². The maximum Gasteiger partial charge on any atom is 0.226 e. The molecule has 0 spiro atoms. The minimum Gasteiger partial charge on any atom is -0.343 e. The SMILES string of the molecule is CCCc1nc(C(C)(C)NC(=O)[C@@H]2CC(=O)N(C3CC3)C2)no1. The molecule has 1 saturated carbocycles. The highest BCUT2D eigenvalue weighted by molar-refractivity contribution is 5.89. The van der Waals surface area contributed by atoms with Crippen molar-refractivity contribution in [3.05, 3.63) is 11.7 Å². The van der Waals surface area contributed by atoms with E-state index >= 15 is 0 Å². The van der Waals surface area contributed by atoms with Gasteiger partial charge in [0, 0.05) is 25.4 Å². The van der Waals surface area contributed by atoms with E-state index in [1.165, 1.54) is 0 Å². The Kier molecular flexibility index (Phi) is 4.12. The van der Waals surface area contributed by atoms with E-state index in [-0.39, 0.29) is 17.7 Å². The minimum absolute atomic E-state index is 0.0928. The lowest BCUT2D eigenvalue weighted by atomic mass is 10.0. The number of hydrogen-bond donors (Lipinski definition) is 1. The Morgan fingerprint density at radius 1 is 1.43 bits per heavy atom. The molecule has 1 aromatic rings. The highest BCUT2D eigenvalue weighted by atomic mass is 16.5. The van der Waals surface area contributed by atoms with Crippen molar-refractivity contribution in [3.8, 4) is 0 Å². The molecule has 2 heterocycles. The molecule has 126 valence electrons. The van der Waals surface area contributed by atoms with Crippen LogP contribution in [0.1, 0.15) is 58.2 Å². The summed E-state index contributed by atoms with van der Waals surface area (Å²) in [5.74, 6) is 0.742. The first-order valence-electron chi connectivity index (χ1n) is 8.35. The Balaban J connectivity index is 1.62. The second-order valence-corrected chi connectivity index (χ2v) is 7.05. The van der Waals surface area contributed by atoms with Crippen LogP contribution in [0.2, 0.25) is 0 Å². The van der Waals surface area contributed by atoms with Crippen LogP contribution in [0.25, 0.3) is 0 Å². The summed E-state index contributed by atoms with van der Waals surface area (Å²) in [5.41, 5.74) is -0.720. The summed E-state index contributed by atoms with van der Waals surface area (Å²) in [6.45, 7) is 6.26. The molecule has 7 heteroatoms. The summed E-state index contributed by atoms with van der Waals surface area (Å²) in [7, 11) is 0. The van der Waals surface area contributed by atoms with Gasteiger partial charge in [-0.2, -0.15) is 4.98 Å². The van der Waals surface area contributed by atoms with Crippen LogP contribution in [0.4, 0.5) is 0 Å². The number of amides is 2. The molecule has 1 aliphatic carbocycles. The van der Waals surface area contributed by atoms with Crippen molar-refractivity contribution in [1.82, 2.24) is 20.4 Å². The van der Waals surface area contributed by atoms with Crippen LogP contribution in [0, 0.1) is 5.92 Å². The predicted molar refractivity (Wildman–Crippen MR) is 82.3 cm³/mol. The number of aryl methyl sites for hydroxylation is 1. The second-order valence-electron chi connectivity index (χ2n) is 7.05. The van der Waals surface area contributed by atoms with E-state index in [1.807, 2.05) is 25.7 Å². The van der Waals surface area contributed by atoms with Gasteiger partial charge in [-0.05, 0) is 33.1 Å². The van der Waals surface area contributed by atoms with Crippen molar-refractivity contribution in [3.63, 3.8) is 0 Å². The maximum atomic E-state index is 12.5. The zero-order valence-corrected chi connectivity index (χ0v) is 14.0. The van der Waals surface area contributed by atoms with E-state index in [1.54, 1.807) is 0 Å². The molecule has 2 fully saturated rings. The molecule has 0 unspecified atom stereocenters. The van der Waals surface area contributed by atoms with Gasteiger partial charge in [0.1, 0.15) is 0 Å². The highest BCUT2D eigenvalue weighted by Crippen LogP contribution is 2.33. The van der Waals surface area contributed by atoms with Crippen molar-refractivity contribution < 1.29 is 14.1 Å². The van der Waals surface area contributed by atoms with Gasteiger partial charge in [-0.15, -0.1) is 0 Å². The standard InChI is InChI=1S/C16H24N4O3/c1-4-5-12-17-15(19-23-12)16(2,3)18-14(22)10-8-13(21)20(9-10)11-6-7-11/h10-11H,4-9H2,1-3H3,(H,18,22)/t10-/m1/s1. The summed E-state index contributed by atoms with van der Waals surface area (Å²) in [6.07, 6.45) is 4.08. The van der Waals surface area contributed by atoms with E-state index in [0.29, 0.717) is 30.7 Å². The summed E-state index contributed by atoms with van der Waals surface area (Å²) < 4.78 is 5.20. The Hall–Kier alpha value is -1.92. The Morgan fingerprint density at radius 2 is 2.17 bits per heavy atom. The lowest BCUT2D eigenvalue weighted by molar-refractivity contribution is -0.129. The monoisotopic (exact) mass is 320 g/mol. The van der Waals surface area contributed by atoms with Gasteiger partial charge < -0.3 is 14.7 Å². The van der Waals surface area contributed by atoms with Gasteiger partial charge in [-0.1, -0.05) is 12.1 Å². The third-order valence-corrected chi connectivity index (χ3v) is 4.44. The fraction of sp³-hybridized carbons (Fsp3) is 0.750. The number of nitrogens with zero attached hydrogens (tertiary/aromatic N) is 3. The van der Waals surface area contributed by atoms with Crippen molar-refractivity contribution >= 4 is 11.8 Å². The number of aromatic nitrogens is 2. The molecule has 2 amide bonds. The van der Waals surface area contributed by atoms with E-state index in [2.05, 4.69) is 15.5 Å². The number of carbonyl (C=O) groups excluding carboxylic acids is 2. The average Bonchev–Trinajstić information content (AvgIpc) is 3.07. The van der Waals surface area contributed by atoms with Crippen LogP contribution < -0.4 is 5.32 Å². The topological polar surface area (TPSA) is 88.3 Å². The van der Waals surface area contributed by atoms with Gasteiger partial charge in [0.2, 0.25) is 17.7 Å². The molecular weight excluding hydrogens is 296 g/mol. The van der Waals surface area contributed by atoms with Crippen LogP contribution in [0.15, 0.2) is 4.52 Å². The van der Waals surface area contributed by atoms with Gasteiger partial charge in [-0.25, -0.2) is 0 Å². The molecule has 0 aromatic carbocycles. The summed E-state index contributed by atoms with van der Waals surface area (Å²) in [5, 5.41) is 6.94. The van der Waals surface area contributed by atoms with Gasteiger partial charge in [0.25, 0.3) is 0 Å². The molecule has 1 N–H and O–H groups in total. The van der Waals surface area contributed by atoms with Gasteiger partial charge in [0.15, 0.2) is 5.82 Å². The largest absolute Gasteiger partial charge is 0.343 e. The van der Waals surface area contributed by atoms with Gasteiger partial charge in [0.05, 0.1) is 11.5 Å². The maximum absolute atomic E-state index is 12.5. The summed E-state index contributed by atoms with van der Waals surface area (Å²) >= 11 is 0. The Bertz CT molecular complexity index is 606. The van der Waals surface area contributed by atoms with Crippen molar-refractivity contribution in [2.75, 3.05) is 6.54 Å². The third kappa shape index (κ3) is 3.38. The average molecular weight is 320 g/mol. The summed E-state index contributed by atoms with van der Waals surface area (Å²) in [4.78, 5) is 30.7. The number of nitrogens with one attached hydrogen (secondary N) is 1. The van der Waals surface area contributed by atoms with E-state index < -0.39 is 5.54 Å². The lowest BCUT2D eigenvalue weighted by Crippen LogP contribution is -2.45. The lowest BCUT2D eigenvalue weighted by Gasteiger charge is -2.24. The first kappa shape index (κ1) is 16.0. The van der Waals surface area contributed by atoms with E-state index in [4.69, 9.17) is 4.52 Å². The van der Waals surface area contributed by atoms with Gasteiger partial charge in [-0.3, -0.25) is 9.59 Å². The number of hydrogen-bond acceptors (Lipinski definition) is 5. The van der Waals surface area contributed by atoms with Crippen LogP contribution in [0.5, 0.6) is 0 Å². The number of carbonyl (C=O) groups is 2. The number of likely N-dealkylation sites (tertiary alicyclic amines) is 1. The first-order chi connectivity index (χ1) is 10.9. The minimum atomic E-state index is -0.720. The zero-order chi connectivity index (χ0) is 16.6. The Labute approximate surface area is 135 Å². The fourth-order valence-corrected chi connectivity index (χ4v) is 2.94. The fourth-order valence-electron chi connectivity index (χ4n) is 2.94. The van der Waals surface area contributed by atoms with Crippen molar-refractivity contribution in [2.45, 2.75) is 64.5 Å². The Morgan fingerprint density at radius 3 is 2.83 bits per heavy atom. The molecular formula is C16H24N4O3. The van der Waals surface area contributed by atoms with Crippen LogP contribution >= 0.6 is 0 Å². The molecule has 0 bridgehead atoms. The zero-order valence-electron chi connectivity index (χ0n) is 14.0. The second kappa shape index (κ2) is 5.94. The van der Waals surface area contributed by atoms with Crippen LogP contribution in [0.3, 0.4) is 0 Å². The van der Waals surface area contributed by atoms with Crippen molar-refractivity contribution in [2.24, 2.45) is 5.92 Å². The molecule has 7 nitrogen and oxygen atoms in total. The van der Waals surface area contributed by atoms with Crippen LogP contribution in [-0.4, -0.2) is 39.4 Å². The predicted octanol–water partition coefficient (Wildman–Crippen LogP) is 1.38. The molecule has 23 heavy (non-hydrogen) atoms. The molecule has 1 aliphatic heterocycles. The molecule has 2 aliphatic rings. The van der Waals surface area contributed by atoms with Crippen LogP contribution in [-0.2, 0) is 21.5 Å². The first-order valence-corrected chi connectivity index (χ1v) is 8.35. The highest BCUT2D eigenvalue weighted by Gasteiger charge is 2.43. The normalized spacial score (nSPS) is 21.8. The summed E-state index contributed by atoms with van der Waals surface area (Å²) in [6, 6.07) is 0.363. The smallest absolute Gasteiger partial charge is 0.226 e. The molecule has 0 radical (unpaired) electrons. The quantitative estimate of drug-likeness (QED) is 0.855. The van der Waals surface area contributed by atoms with E-state index in [9.17, 15) is 9.59 Å². The molecule has 1 saturated heterocycles. The van der Waals surface area contributed by atoms with E-state index in [0.717, 1.165) is 25.7 Å². The third-order valence-electron chi connectivity index (χ3n) is 4.44. The van der Waals surface area contributed by atoms with Crippen molar-refractivity contribution in [1.29, 1.82) is 0 Å².